The number of aromatic nitrogens is 2. The van der Waals surface area contributed by atoms with Crippen LogP contribution >= 0.6 is 0 Å². The number of carbonyl (C=O) groups excluding carboxylic acids is 1. The monoisotopic (exact) mass is 226 g/mol. The van der Waals surface area contributed by atoms with Crippen molar-refractivity contribution in [2.45, 2.75) is 26.8 Å². The molecule has 0 aliphatic rings. The summed E-state index contributed by atoms with van der Waals surface area (Å²) < 4.78 is 1.21. The fraction of sp³-hybridized carbons (Fsp3) is 0.444. The molecule has 0 spiro atoms. The highest BCUT2D eigenvalue weighted by molar-refractivity contribution is 5.91. The molecule has 1 aromatic heterocycles. The summed E-state index contributed by atoms with van der Waals surface area (Å²) in [6, 6.07) is 0. The highest BCUT2D eigenvalue weighted by Gasteiger charge is 2.12. The fourth-order valence-corrected chi connectivity index (χ4v) is 1.33. The molecule has 0 unspecified atom stereocenters. The van der Waals surface area contributed by atoms with E-state index in [0.717, 1.165) is 0 Å². The molecule has 0 saturated carbocycles. The Morgan fingerprint density at radius 1 is 1.50 bits per heavy atom. The number of anilines is 2. The number of aromatic amines is 1. The van der Waals surface area contributed by atoms with Gasteiger partial charge in [-0.2, -0.15) is 0 Å². The summed E-state index contributed by atoms with van der Waals surface area (Å²) in [5, 5.41) is 2.30. The maximum Gasteiger partial charge on any atom is 0.330 e. The molecule has 1 amide bonds. The summed E-state index contributed by atoms with van der Waals surface area (Å²) in [6.45, 7) is 3.51. The summed E-state index contributed by atoms with van der Waals surface area (Å²) >= 11 is 0. The molecule has 0 aliphatic carbocycles. The van der Waals surface area contributed by atoms with Crippen LogP contribution < -0.4 is 22.3 Å². The minimum atomic E-state index is -0.690. The summed E-state index contributed by atoms with van der Waals surface area (Å²) in [5.74, 6) is -0.440. The third-order valence-electron chi connectivity index (χ3n) is 1.99. The van der Waals surface area contributed by atoms with Crippen molar-refractivity contribution in [3.63, 3.8) is 0 Å². The Hall–Kier alpha value is -2.05. The predicted molar refractivity (Wildman–Crippen MR) is 60.3 cm³/mol. The number of amides is 1. The number of nitrogen functional groups attached to an aromatic ring is 1. The van der Waals surface area contributed by atoms with Crippen LogP contribution in [0.25, 0.3) is 0 Å². The van der Waals surface area contributed by atoms with Crippen LogP contribution in [0.1, 0.15) is 20.3 Å². The molecule has 0 radical (unpaired) electrons. The minimum Gasteiger partial charge on any atom is -0.383 e. The van der Waals surface area contributed by atoms with E-state index in [0.29, 0.717) is 13.0 Å². The lowest BCUT2D eigenvalue weighted by Crippen LogP contribution is -2.34. The standard InChI is InChI=1S/C9H14N4O3/c1-3-4-13-7(10)6(11-5(2)14)8(15)12-9(13)16/h3-4,10H2,1-2H3,(H,11,14)(H,12,15,16). The van der Waals surface area contributed by atoms with Crippen LogP contribution in [0, 0.1) is 0 Å². The van der Waals surface area contributed by atoms with Crippen LogP contribution in [-0.2, 0) is 11.3 Å². The average molecular weight is 226 g/mol. The molecule has 1 heterocycles. The quantitative estimate of drug-likeness (QED) is 0.644. The molecule has 0 aliphatic heterocycles. The van der Waals surface area contributed by atoms with Gasteiger partial charge in [-0.1, -0.05) is 6.92 Å². The molecule has 4 N–H and O–H groups in total. The molecule has 0 bridgehead atoms. The van der Waals surface area contributed by atoms with E-state index in [1.807, 2.05) is 6.92 Å². The number of carbonyl (C=O) groups is 1. The minimum absolute atomic E-state index is 0.0224. The van der Waals surface area contributed by atoms with E-state index in [1.165, 1.54) is 11.5 Å². The second kappa shape index (κ2) is 4.65. The number of hydrogen-bond acceptors (Lipinski definition) is 4. The van der Waals surface area contributed by atoms with Crippen LogP contribution in [0.15, 0.2) is 9.59 Å². The van der Waals surface area contributed by atoms with Crippen LogP contribution in [0.3, 0.4) is 0 Å². The van der Waals surface area contributed by atoms with Gasteiger partial charge < -0.3 is 11.1 Å². The van der Waals surface area contributed by atoms with Gasteiger partial charge in [-0.15, -0.1) is 0 Å². The number of nitrogens with zero attached hydrogens (tertiary/aromatic N) is 1. The Balaban J connectivity index is 3.39. The van der Waals surface area contributed by atoms with Crippen molar-refractivity contribution in [1.29, 1.82) is 0 Å². The zero-order valence-corrected chi connectivity index (χ0v) is 9.16. The Labute approximate surface area is 91.3 Å². The van der Waals surface area contributed by atoms with Gasteiger partial charge in [0.2, 0.25) is 5.91 Å². The second-order valence-corrected chi connectivity index (χ2v) is 3.35. The van der Waals surface area contributed by atoms with Crippen LogP contribution in [0.2, 0.25) is 0 Å². The van der Waals surface area contributed by atoms with E-state index < -0.39 is 17.2 Å². The zero-order chi connectivity index (χ0) is 12.3. The van der Waals surface area contributed by atoms with Gasteiger partial charge in [0.1, 0.15) is 11.5 Å². The summed E-state index contributed by atoms with van der Waals surface area (Å²) in [7, 11) is 0. The third kappa shape index (κ3) is 2.30. The van der Waals surface area contributed by atoms with Crippen molar-refractivity contribution in [1.82, 2.24) is 9.55 Å². The van der Waals surface area contributed by atoms with Crippen molar-refractivity contribution >= 4 is 17.4 Å². The maximum atomic E-state index is 11.4. The molecule has 7 nitrogen and oxygen atoms in total. The van der Waals surface area contributed by atoms with E-state index >= 15 is 0 Å². The smallest absolute Gasteiger partial charge is 0.330 e. The zero-order valence-electron chi connectivity index (χ0n) is 9.16. The number of hydrogen-bond donors (Lipinski definition) is 3. The van der Waals surface area contributed by atoms with Gasteiger partial charge in [-0.05, 0) is 6.42 Å². The van der Waals surface area contributed by atoms with Crippen LogP contribution in [0.4, 0.5) is 11.5 Å². The van der Waals surface area contributed by atoms with E-state index in [4.69, 9.17) is 5.73 Å². The number of H-pyrrole nitrogens is 1. The highest BCUT2D eigenvalue weighted by atomic mass is 16.2. The molecule has 1 aromatic rings. The first kappa shape index (κ1) is 12.0. The third-order valence-corrected chi connectivity index (χ3v) is 1.99. The maximum absolute atomic E-state index is 11.4. The second-order valence-electron chi connectivity index (χ2n) is 3.35. The van der Waals surface area contributed by atoms with Gasteiger partial charge in [0.05, 0.1) is 0 Å². The van der Waals surface area contributed by atoms with Gasteiger partial charge in [0.15, 0.2) is 0 Å². The normalized spacial score (nSPS) is 10.1. The fourth-order valence-electron chi connectivity index (χ4n) is 1.33. The van der Waals surface area contributed by atoms with Gasteiger partial charge in [-0.3, -0.25) is 19.1 Å². The number of rotatable bonds is 3. The largest absolute Gasteiger partial charge is 0.383 e. The Kier molecular flexibility index (Phi) is 3.49. The summed E-state index contributed by atoms with van der Waals surface area (Å²) in [5.41, 5.74) is 4.30. The Morgan fingerprint density at radius 2 is 2.12 bits per heavy atom. The molecule has 0 saturated heterocycles. The lowest BCUT2D eigenvalue weighted by molar-refractivity contribution is -0.114. The molecule has 88 valence electrons. The van der Waals surface area contributed by atoms with Crippen molar-refractivity contribution in [2.24, 2.45) is 0 Å². The summed E-state index contributed by atoms with van der Waals surface area (Å²) in [4.78, 5) is 35.8. The SMILES string of the molecule is CCCn1c(N)c(NC(C)=O)c(=O)[nH]c1=O. The first-order chi connectivity index (χ1) is 7.47. The van der Waals surface area contributed by atoms with Crippen molar-refractivity contribution in [3.05, 3.63) is 20.8 Å². The van der Waals surface area contributed by atoms with Gasteiger partial charge in [0.25, 0.3) is 5.56 Å². The summed E-state index contributed by atoms with van der Waals surface area (Å²) in [6.07, 6.45) is 0.690. The van der Waals surface area contributed by atoms with E-state index in [9.17, 15) is 14.4 Å². The molecule has 1 rings (SSSR count). The number of nitrogens with two attached hydrogens (primary N) is 1. The van der Waals surface area contributed by atoms with E-state index in [-0.39, 0.29) is 11.5 Å². The van der Waals surface area contributed by atoms with E-state index in [2.05, 4.69) is 10.3 Å². The lowest BCUT2D eigenvalue weighted by atomic mass is 10.4. The molecule has 0 fully saturated rings. The predicted octanol–water partition coefficient (Wildman–Crippen LogP) is -0.513. The Morgan fingerprint density at radius 3 is 2.62 bits per heavy atom. The van der Waals surface area contributed by atoms with Crippen molar-refractivity contribution in [2.75, 3.05) is 11.1 Å². The molecule has 16 heavy (non-hydrogen) atoms. The van der Waals surface area contributed by atoms with Crippen molar-refractivity contribution < 1.29 is 4.79 Å². The lowest BCUT2D eigenvalue weighted by Gasteiger charge is -2.11. The Bertz CT molecular complexity index is 514. The van der Waals surface area contributed by atoms with Crippen LogP contribution in [-0.4, -0.2) is 15.5 Å². The van der Waals surface area contributed by atoms with Gasteiger partial charge >= 0.3 is 5.69 Å². The van der Waals surface area contributed by atoms with Gasteiger partial charge in [-0.25, -0.2) is 4.79 Å². The molecule has 7 heteroatoms. The molecular formula is C9H14N4O3. The topological polar surface area (TPSA) is 110 Å². The first-order valence-electron chi connectivity index (χ1n) is 4.87. The van der Waals surface area contributed by atoms with E-state index in [1.54, 1.807) is 0 Å². The molecular weight excluding hydrogens is 212 g/mol. The first-order valence-corrected chi connectivity index (χ1v) is 4.87. The van der Waals surface area contributed by atoms with Crippen molar-refractivity contribution in [3.8, 4) is 0 Å². The van der Waals surface area contributed by atoms with Crippen LogP contribution in [0.5, 0.6) is 0 Å². The molecule has 0 atom stereocenters. The average Bonchev–Trinajstić information content (AvgIpc) is 2.19. The van der Waals surface area contributed by atoms with Gasteiger partial charge in [0, 0.05) is 13.5 Å². The number of nitrogens with one attached hydrogen (secondary N) is 2. The molecule has 0 aromatic carbocycles. The highest BCUT2D eigenvalue weighted by Crippen LogP contribution is 2.09.